The summed E-state index contributed by atoms with van der Waals surface area (Å²) in [7, 11) is 3.23. The number of nitrogens with one attached hydrogen (secondary N) is 1. The monoisotopic (exact) mass is 373 g/mol. The van der Waals surface area contributed by atoms with Crippen LogP contribution >= 0.6 is 0 Å². The molecule has 146 valence electrons. The smallest absolute Gasteiger partial charge is 0.203 e. The first-order valence-corrected chi connectivity index (χ1v) is 9.15. The molecule has 3 rings (SSSR count). The highest BCUT2D eigenvalue weighted by Gasteiger charge is 2.25. The van der Waals surface area contributed by atoms with Gasteiger partial charge in [0.2, 0.25) is 5.75 Å². The molecule has 1 aliphatic rings. The molecule has 0 aromatic heterocycles. The van der Waals surface area contributed by atoms with E-state index in [1.807, 2.05) is 36.4 Å². The third-order valence-electron chi connectivity index (χ3n) is 4.34. The molecule has 1 fully saturated rings. The second-order valence-corrected chi connectivity index (χ2v) is 6.25. The lowest BCUT2D eigenvalue weighted by atomic mass is 10.1. The first-order valence-electron chi connectivity index (χ1n) is 9.15. The third kappa shape index (κ3) is 5.60. The molecule has 6 heteroatoms. The first-order chi connectivity index (χ1) is 13.3. The Labute approximate surface area is 160 Å². The molecule has 0 radical (unpaired) electrons. The number of para-hydroxylation sites is 1. The number of hydrogen-bond acceptors (Lipinski definition) is 6. The summed E-state index contributed by atoms with van der Waals surface area (Å²) < 4.78 is 28.1. The molecular formula is C21H27NO5. The lowest BCUT2D eigenvalue weighted by Crippen LogP contribution is -2.32. The molecule has 6 nitrogen and oxygen atoms in total. The molecule has 1 N–H and O–H groups in total. The van der Waals surface area contributed by atoms with E-state index in [4.69, 9.17) is 23.7 Å². The fraction of sp³-hybridized carbons (Fsp3) is 0.429. The van der Waals surface area contributed by atoms with Crippen LogP contribution < -0.4 is 19.5 Å². The summed E-state index contributed by atoms with van der Waals surface area (Å²) in [6, 6.07) is 15.8. The number of rotatable bonds is 10. The van der Waals surface area contributed by atoms with Gasteiger partial charge in [-0.3, -0.25) is 0 Å². The molecule has 0 saturated carbocycles. The van der Waals surface area contributed by atoms with Crippen LogP contribution in [-0.4, -0.2) is 52.9 Å². The van der Waals surface area contributed by atoms with E-state index in [-0.39, 0.29) is 12.4 Å². The van der Waals surface area contributed by atoms with Gasteiger partial charge in [-0.05, 0) is 17.7 Å². The van der Waals surface area contributed by atoms with Crippen LogP contribution in [0.2, 0.25) is 0 Å². The van der Waals surface area contributed by atoms with E-state index in [9.17, 15) is 0 Å². The predicted octanol–water partition coefficient (Wildman–Crippen LogP) is 2.66. The minimum atomic E-state index is -0.173. The van der Waals surface area contributed by atoms with Crippen molar-refractivity contribution in [3.63, 3.8) is 0 Å². The highest BCUT2D eigenvalue weighted by molar-refractivity contribution is 5.51. The maximum absolute atomic E-state index is 5.94. The van der Waals surface area contributed by atoms with Crippen LogP contribution in [0.25, 0.3) is 0 Å². The van der Waals surface area contributed by atoms with Crippen LogP contribution in [0.3, 0.4) is 0 Å². The van der Waals surface area contributed by atoms with Crippen molar-refractivity contribution in [2.24, 2.45) is 0 Å². The molecule has 0 bridgehead atoms. The SMILES string of the molecule is COc1cccc(OC)c1OCCNCC1CO[C@@H](Cc2ccccc2)O1. The zero-order chi connectivity index (χ0) is 18.9. The Kier molecular flexibility index (Phi) is 7.33. The van der Waals surface area contributed by atoms with Gasteiger partial charge in [-0.25, -0.2) is 0 Å². The van der Waals surface area contributed by atoms with Gasteiger partial charge in [0.15, 0.2) is 17.8 Å². The fourth-order valence-electron chi connectivity index (χ4n) is 2.98. The molecule has 2 atom stereocenters. The van der Waals surface area contributed by atoms with Crippen molar-refractivity contribution in [3.05, 3.63) is 54.1 Å². The average Bonchev–Trinajstić information content (AvgIpc) is 3.15. The molecule has 1 heterocycles. The Hall–Kier alpha value is -2.28. The van der Waals surface area contributed by atoms with Gasteiger partial charge < -0.3 is 29.0 Å². The fourth-order valence-corrected chi connectivity index (χ4v) is 2.98. The van der Waals surface area contributed by atoms with Crippen LogP contribution in [0, 0.1) is 0 Å². The Bertz CT molecular complexity index is 672. The summed E-state index contributed by atoms with van der Waals surface area (Å²) in [5.74, 6) is 1.93. The van der Waals surface area contributed by atoms with E-state index < -0.39 is 0 Å². The summed E-state index contributed by atoms with van der Waals surface area (Å²) in [5, 5.41) is 3.35. The number of methoxy groups -OCH3 is 2. The second kappa shape index (κ2) is 10.2. The summed E-state index contributed by atoms with van der Waals surface area (Å²) in [6.45, 7) is 2.51. The Balaban J connectivity index is 1.35. The standard InChI is InChI=1S/C21H27NO5/c1-23-18-9-6-10-19(24-2)21(18)25-12-11-22-14-17-15-26-20(27-17)13-16-7-4-3-5-8-16/h3-10,17,20,22H,11-15H2,1-2H3/t17?,20-/m1/s1. The van der Waals surface area contributed by atoms with Crippen molar-refractivity contribution < 1.29 is 23.7 Å². The van der Waals surface area contributed by atoms with Gasteiger partial charge in [-0.15, -0.1) is 0 Å². The Morgan fingerprint density at radius 2 is 1.74 bits per heavy atom. The van der Waals surface area contributed by atoms with Gasteiger partial charge in [0.25, 0.3) is 0 Å². The second-order valence-electron chi connectivity index (χ2n) is 6.25. The van der Waals surface area contributed by atoms with Crippen LogP contribution in [-0.2, 0) is 15.9 Å². The molecule has 2 aromatic carbocycles. The molecule has 0 aliphatic carbocycles. The van der Waals surface area contributed by atoms with Crippen LogP contribution in [0.15, 0.2) is 48.5 Å². The first kappa shape index (κ1) is 19.5. The summed E-state index contributed by atoms with van der Waals surface area (Å²) in [6.07, 6.45) is 0.654. The van der Waals surface area contributed by atoms with Crippen molar-refractivity contribution in [2.45, 2.75) is 18.8 Å². The number of ether oxygens (including phenoxy) is 5. The van der Waals surface area contributed by atoms with E-state index in [1.54, 1.807) is 14.2 Å². The van der Waals surface area contributed by atoms with Crippen molar-refractivity contribution in [1.29, 1.82) is 0 Å². The van der Waals surface area contributed by atoms with Gasteiger partial charge in [-0.2, -0.15) is 0 Å². The summed E-state index contributed by atoms with van der Waals surface area (Å²) in [5.41, 5.74) is 1.22. The van der Waals surface area contributed by atoms with Gasteiger partial charge in [-0.1, -0.05) is 36.4 Å². The van der Waals surface area contributed by atoms with Crippen molar-refractivity contribution in [3.8, 4) is 17.2 Å². The topological polar surface area (TPSA) is 58.2 Å². The average molecular weight is 373 g/mol. The van der Waals surface area contributed by atoms with Gasteiger partial charge in [0, 0.05) is 19.5 Å². The largest absolute Gasteiger partial charge is 0.493 e. The normalized spacial score (nSPS) is 19.0. The zero-order valence-electron chi connectivity index (χ0n) is 15.9. The van der Waals surface area contributed by atoms with Crippen molar-refractivity contribution in [2.75, 3.05) is 40.5 Å². The van der Waals surface area contributed by atoms with Crippen LogP contribution in [0.4, 0.5) is 0 Å². The molecule has 0 amide bonds. The van der Waals surface area contributed by atoms with Gasteiger partial charge in [0.05, 0.1) is 26.9 Å². The van der Waals surface area contributed by atoms with Crippen molar-refractivity contribution >= 4 is 0 Å². The number of benzene rings is 2. The van der Waals surface area contributed by atoms with Crippen LogP contribution in [0.1, 0.15) is 5.56 Å². The molecule has 0 spiro atoms. The predicted molar refractivity (Wildman–Crippen MR) is 103 cm³/mol. The molecule has 1 saturated heterocycles. The molecule has 27 heavy (non-hydrogen) atoms. The van der Waals surface area contributed by atoms with E-state index >= 15 is 0 Å². The lowest BCUT2D eigenvalue weighted by molar-refractivity contribution is -0.0552. The lowest BCUT2D eigenvalue weighted by Gasteiger charge is -2.15. The highest BCUT2D eigenvalue weighted by Crippen LogP contribution is 2.36. The van der Waals surface area contributed by atoms with E-state index in [0.717, 1.165) is 13.0 Å². The van der Waals surface area contributed by atoms with Gasteiger partial charge in [0.1, 0.15) is 6.61 Å². The van der Waals surface area contributed by atoms with E-state index in [1.165, 1.54) is 5.56 Å². The number of hydrogen-bond donors (Lipinski definition) is 1. The maximum Gasteiger partial charge on any atom is 0.203 e. The third-order valence-corrected chi connectivity index (χ3v) is 4.34. The highest BCUT2D eigenvalue weighted by atomic mass is 16.7. The van der Waals surface area contributed by atoms with Crippen molar-refractivity contribution in [1.82, 2.24) is 5.32 Å². The molecule has 1 aliphatic heterocycles. The molecule has 1 unspecified atom stereocenters. The maximum atomic E-state index is 5.94. The Morgan fingerprint density at radius 3 is 2.44 bits per heavy atom. The summed E-state index contributed by atoms with van der Waals surface area (Å²) in [4.78, 5) is 0. The summed E-state index contributed by atoms with van der Waals surface area (Å²) >= 11 is 0. The van der Waals surface area contributed by atoms with Crippen LogP contribution in [0.5, 0.6) is 17.2 Å². The molecular weight excluding hydrogens is 346 g/mol. The quantitative estimate of drug-likeness (QED) is 0.646. The Morgan fingerprint density at radius 1 is 1.00 bits per heavy atom. The molecule has 2 aromatic rings. The minimum absolute atomic E-state index is 0.0551. The van der Waals surface area contributed by atoms with E-state index in [2.05, 4.69) is 17.4 Å². The zero-order valence-corrected chi connectivity index (χ0v) is 15.9. The minimum Gasteiger partial charge on any atom is -0.493 e. The van der Waals surface area contributed by atoms with E-state index in [0.29, 0.717) is 37.0 Å². The van der Waals surface area contributed by atoms with Gasteiger partial charge >= 0.3 is 0 Å².